The molecule has 4 aromatic rings. The van der Waals surface area contributed by atoms with Crippen molar-refractivity contribution in [2.75, 3.05) is 20.3 Å². The third-order valence-electron chi connectivity index (χ3n) is 5.39. The van der Waals surface area contributed by atoms with E-state index >= 15 is 0 Å². The van der Waals surface area contributed by atoms with E-state index in [0.29, 0.717) is 41.4 Å². The highest BCUT2D eigenvalue weighted by Crippen LogP contribution is 2.34. The summed E-state index contributed by atoms with van der Waals surface area (Å²) in [5, 5.41) is 6.57. The number of para-hydroxylation sites is 1. The lowest BCUT2D eigenvalue weighted by atomic mass is 10.1. The summed E-state index contributed by atoms with van der Waals surface area (Å²) in [6.07, 6.45) is 0.558. The van der Waals surface area contributed by atoms with Crippen LogP contribution in [0.4, 0.5) is 8.78 Å². The van der Waals surface area contributed by atoms with Crippen LogP contribution >= 0.6 is 11.3 Å². The number of carbonyl (C=O) groups excluding carboxylic acids is 1. The maximum Gasteiger partial charge on any atom is 0.264 e. The zero-order valence-electron chi connectivity index (χ0n) is 19.4. The monoisotopic (exact) mass is 497 g/mol. The fraction of sp³-hybridized carbons (Fsp3) is 0.231. The van der Waals surface area contributed by atoms with Gasteiger partial charge in [-0.2, -0.15) is 5.10 Å². The summed E-state index contributed by atoms with van der Waals surface area (Å²) in [6, 6.07) is 16.0. The highest BCUT2D eigenvalue weighted by Gasteiger charge is 2.26. The van der Waals surface area contributed by atoms with E-state index < -0.39 is 11.6 Å². The number of thiophene rings is 1. The number of hydrogen-bond donors (Lipinski definition) is 0. The van der Waals surface area contributed by atoms with Crippen LogP contribution in [0.15, 0.2) is 66.0 Å². The highest BCUT2D eigenvalue weighted by molar-refractivity contribution is 7.12. The second-order valence-electron chi connectivity index (χ2n) is 7.70. The topological polar surface area (TPSA) is 56.6 Å². The molecule has 0 N–H and O–H groups in total. The Hall–Kier alpha value is -3.56. The van der Waals surface area contributed by atoms with Gasteiger partial charge in [-0.05, 0) is 42.1 Å². The molecule has 0 aliphatic rings. The van der Waals surface area contributed by atoms with Crippen molar-refractivity contribution in [1.82, 2.24) is 14.7 Å². The molecule has 35 heavy (non-hydrogen) atoms. The predicted octanol–water partition coefficient (Wildman–Crippen LogP) is 5.86. The molecule has 0 saturated heterocycles. The Morgan fingerprint density at radius 3 is 2.57 bits per heavy atom. The zero-order chi connectivity index (χ0) is 24.8. The van der Waals surface area contributed by atoms with Crippen molar-refractivity contribution in [3.63, 3.8) is 0 Å². The number of carbonyl (C=O) groups is 1. The van der Waals surface area contributed by atoms with Crippen LogP contribution in [0.2, 0.25) is 0 Å². The van der Waals surface area contributed by atoms with Crippen molar-refractivity contribution in [3.05, 3.63) is 93.8 Å². The number of ether oxygens (including phenoxy) is 2. The number of methoxy groups -OCH3 is 1. The number of aromatic nitrogens is 2. The molecular weight excluding hydrogens is 472 g/mol. The van der Waals surface area contributed by atoms with Gasteiger partial charge in [0.1, 0.15) is 5.82 Å². The van der Waals surface area contributed by atoms with Gasteiger partial charge in [0.15, 0.2) is 11.6 Å². The van der Waals surface area contributed by atoms with Gasteiger partial charge in [-0.15, -0.1) is 11.3 Å². The molecule has 0 atom stereocenters. The number of benzene rings is 2. The summed E-state index contributed by atoms with van der Waals surface area (Å²) in [5.41, 5.74) is 2.05. The molecular formula is C26H25F2N3O3S. The average Bonchev–Trinajstić information content (AvgIpc) is 3.52. The number of rotatable bonds is 10. The van der Waals surface area contributed by atoms with Gasteiger partial charge in [-0.3, -0.25) is 4.79 Å². The van der Waals surface area contributed by atoms with Crippen LogP contribution in [0.1, 0.15) is 27.9 Å². The summed E-state index contributed by atoms with van der Waals surface area (Å²) < 4.78 is 40.9. The Morgan fingerprint density at radius 1 is 1.11 bits per heavy atom. The fourth-order valence-corrected chi connectivity index (χ4v) is 4.32. The van der Waals surface area contributed by atoms with Crippen LogP contribution in [0, 0.1) is 11.6 Å². The van der Waals surface area contributed by atoms with Gasteiger partial charge in [0.05, 0.1) is 35.0 Å². The SMILES string of the molecule is CCc1nn(-c2ccccc2)c(Oc2ccc(F)cc2F)c1CN(CCOC)C(=O)c1cccs1. The Balaban J connectivity index is 1.80. The van der Waals surface area contributed by atoms with Crippen LogP contribution in [-0.2, 0) is 17.7 Å². The quantitative estimate of drug-likeness (QED) is 0.276. The predicted molar refractivity (Wildman–Crippen MR) is 130 cm³/mol. The Kier molecular flexibility index (Phi) is 7.89. The van der Waals surface area contributed by atoms with Crippen LogP contribution in [0.25, 0.3) is 5.69 Å². The number of aryl methyl sites for hydroxylation is 1. The molecule has 182 valence electrons. The molecule has 0 aliphatic heterocycles. The van der Waals surface area contributed by atoms with Crippen LogP contribution in [-0.4, -0.2) is 40.8 Å². The van der Waals surface area contributed by atoms with Gasteiger partial charge in [0.2, 0.25) is 5.88 Å². The molecule has 2 aromatic heterocycles. The zero-order valence-corrected chi connectivity index (χ0v) is 20.2. The van der Waals surface area contributed by atoms with Gasteiger partial charge >= 0.3 is 0 Å². The molecule has 2 heterocycles. The molecule has 4 rings (SSSR count). The lowest BCUT2D eigenvalue weighted by Crippen LogP contribution is -2.33. The first-order valence-corrected chi connectivity index (χ1v) is 12.0. The van der Waals surface area contributed by atoms with E-state index in [1.54, 1.807) is 22.8 Å². The van der Waals surface area contributed by atoms with Gasteiger partial charge < -0.3 is 14.4 Å². The van der Waals surface area contributed by atoms with Crippen LogP contribution in [0.3, 0.4) is 0 Å². The molecule has 0 spiro atoms. The standard InChI is InChI=1S/C26H25F2N3O3S/c1-3-22-20(17-30(13-14-33-2)25(32)24-10-7-15-35-24)26(31(29-22)19-8-5-4-6-9-19)34-23-12-11-18(27)16-21(23)28/h4-12,15-16H,3,13-14,17H2,1-2H3. The minimum absolute atomic E-state index is 0.139. The van der Waals surface area contributed by atoms with Crippen molar-refractivity contribution >= 4 is 17.2 Å². The summed E-state index contributed by atoms with van der Waals surface area (Å²) in [4.78, 5) is 15.5. The number of halogens is 2. The molecule has 0 fully saturated rings. The van der Waals surface area contributed by atoms with E-state index in [2.05, 4.69) is 0 Å². The van der Waals surface area contributed by atoms with Crippen molar-refractivity contribution in [1.29, 1.82) is 0 Å². The van der Waals surface area contributed by atoms with Crippen molar-refractivity contribution in [2.45, 2.75) is 19.9 Å². The van der Waals surface area contributed by atoms with Gasteiger partial charge in [0.25, 0.3) is 5.91 Å². The van der Waals surface area contributed by atoms with Crippen molar-refractivity contribution < 1.29 is 23.0 Å². The summed E-state index contributed by atoms with van der Waals surface area (Å²) in [6.45, 7) is 2.81. The fourth-order valence-electron chi connectivity index (χ4n) is 3.63. The first-order chi connectivity index (χ1) is 17.0. The maximum absolute atomic E-state index is 14.6. The molecule has 0 bridgehead atoms. The highest BCUT2D eigenvalue weighted by atomic mass is 32.1. The van der Waals surface area contributed by atoms with Gasteiger partial charge in [0, 0.05) is 19.7 Å². The maximum atomic E-state index is 14.6. The van der Waals surface area contributed by atoms with E-state index in [1.165, 1.54) is 17.4 Å². The largest absolute Gasteiger partial charge is 0.435 e. The minimum Gasteiger partial charge on any atom is -0.435 e. The lowest BCUT2D eigenvalue weighted by molar-refractivity contribution is 0.0683. The van der Waals surface area contributed by atoms with E-state index in [4.69, 9.17) is 14.6 Å². The second kappa shape index (κ2) is 11.2. The van der Waals surface area contributed by atoms with Gasteiger partial charge in [-0.25, -0.2) is 13.5 Å². The number of amides is 1. The Morgan fingerprint density at radius 2 is 1.91 bits per heavy atom. The van der Waals surface area contributed by atoms with E-state index in [0.717, 1.165) is 12.1 Å². The van der Waals surface area contributed by atoms with E-state index in [1.807, 2.05) is 48.7 Å². The number of hydrogen-bond acceptors (Lipinski definition) is 5. The van der Waals surface area contributed by atoms with Crippen LogP contribution < -0.4 is 4.74 Å². The van der Waals surface area contributed by atoms with E-state index in [9.17, 15) is 13.6 Å². The normalized spacial score (nSPS) is 11.0. The van der Waals surface area contributed by atoms with Crippen molar-refractivity contribution in [3.8, 4) is 17.3 Å². The third kappa shape index (κ3) is 5.58. The van der Waals surface area contributed by atoms with Crippen LogP contribution in [0.5, 0.6) is 11.6 Å². The third-order valence-corrected chi connectivity index (χ3v) is 6.25. The smallest absolute Gasteiger partial charge is 0.264 e. The molecule has 0 unspecified atom stereocenters. The summed E-state index contributed by atoms with van der Waals surface area (Å²) in [7, 11) is 1.57. The first-order valence-electron chi connectivity index (χ1n) is 11.1. The van der Waals surface area contributed by atoms with Crippen molar-refractivity contribution in [2.24, 2.45) is 0 Å². The summed E-state index contributed by atoms with van der Waals surface area (Å²) in [5.74, 6) is -1.56. The van der Waals surface area contributed by atoms with E-state index in [-0.39, 0.29) is 24.1 Å². The second-order valence-corrected chi connectivity index (χ2v) is 8.65. The molecule has 2 aromatic carbocycles. The Bertz CT molecular complexity index is 1280. The average molecular weight is 498 g/mol. The molecule has 0 saturated carbocycles. The van der Waals surface area contributed by atoms with Gasteiger partial charge in [-0.1, -0.05) is 31.2 Å². The molecule has 1 amide bonds. The lowest BCUT2D eigenvalue weighted by Gasteiger charge is -2.22. The molecule has 0 aliphatic carbocycles. The number of nitrogens with zero attached hydrogens (tertiary/aromatic N) is 3. The first kappa shape index (κ1) is 24.6. The Labute approximate surface area is 206 Å². The summed E-state index contributed by atoms with van der Waals surface area (Å²) >= 11 is 1.36. The molecule has 6 nitrogen and oxygen atoms in total. The molecule has 9 heteroatoms. The minimum atomic E-state index is -0.833. The molecule has 0 radical (unpaired) electrons.